The molecule has 0 atom stereocenters. The number of hydrogen-bond acceptors (Lipinski definition) is 3. The van der Waals surface area contributed by atoms with Gasteiger partial charge in [0.15, 0.2) is 0 Å². The first kappa shape index (κ1) is 12.3. The molecular formula is C14H26N2S. The number of nitrogens with one attached hydrogen (secondary N) is 1. The van der Waals surface area contributed by atoms with Crippen LogP contribution in [0.1, 0.15) is 32.1 Å². The minimum Gasteiger partial charge on any atom is -0.312 e. The molecule has 3 fully saturated rings. The molecule has 3 aliphatic rings. The summed E-state index contributed by atoms with van der Waals surface area (Å²) in [6.07, 6.45) is 7.37. The zero-order valence-electron chi connectivity index (χ0n) is 10.9. The Morgan fingerprint density at radius 1 is 1.06 bits per heavy atom. The molecule has 1 heterocycles. The second kappa shape index (κ2) is 5.94. The van der Waals surface area contributed by atoms with Gasteiger partial charge in [-0.2, -0.15) is 11.8 Å². The molecule has 0 unspecified atom stereocenters. The highest BCUT2D eigenvalue weighted by Gasteiger charge is 2.40. The minimum absolute atomic E-state index is 0.886. The molecule has 1 aliphatic heterocycles. The van der Waals surface area contributed by atoms with Gasteiger partial charge < -0.3 is 10.2 Å². The van der Waals surface area contributed by atoms with Gasteiger partial charge in [0.25, 0.3) is 0 Å². The topological polar surface area (TPSA) is 15.3 Å². The first-order valence-corrected chi connectivity index (χ1v) is 8.62. The van der Waals surface area contributed by atoms with Gasteiger partial charge in [0, 0.05) is 31.4 Å². The van der Waals surface area contributed by atoms with Crippen LogP contribution in [0.3, 0.4) is 0 Å². The standard InChI is InChI=1S/C14H26N2S/c1-7-16(9-11-17-10-1)8-6-15-14(12-2-3-12)13-4-5-13/h12-15H,1-11H2. The van der Waals surface area contributed by atoms with Crippen molar-refractivity contribution < 1.29 is 0 Å². The van der Waals surface area contributed by atoms with Crippen LogP contribution in [-0.4, -0.2) is 48.6 Å². The van der Waals surface area contributed by atoms with E-state index < -0.39 is 0 Å². The Balaban J connectivity index is 1.35. The summed E-state index contributed by atoms with van der Waals surface area (Å²) in [4.78, 5) is 2.66. The molecule has 0 amide bonds. The predicted molar refractivity (Wildman–Crippen MR) is 75.6 cm³/mol. The molecule has 1 N–H and O–H groups in total. The second-order valence-electron chi connectivity index (χ2n) is 5.96. The lowest BCUT2D eigenvalue weighted by Crippen LogP contribution is -2.40. The number of nitrogens with zero attached hydrogens (tertiary/aromatic N) is 1. The Kier molecular flexibility index (Phi) is 4.30. The van der Waals surface area contributed by atoms with E-state index in [0.717, 1.165) is 17.9 Å². The molecule has 0 aromatic carbocycles. The molecule has 98 valence electrons. The van der Waals surface area contributed by atoms with Gasteiger partial charge in [0.2, 0.25) is 0 Å². The van der Waals surface area contributed by atoms with Crippen molar-refractivity contribution in [3.8, 4) is 0 Å². The molecule has 0 aromatic heterocycles. The Hall–Kier alpha value is 0.270. The van der Waals surface area contributed by atoms with E-state index in [1.165, 1.54) is 69.8 Å². The zero-order valence-corrected chi connectivity index (χ0v) is 11.7. The number of thioether (sulfide) groups is 1. The van der Waals surface area contributed by atoms with E-state index in [1.54, 1.807) is 0 Å². The molecule has 0 spiro atoms. The van der Waals surface area contributed by atoms with Crippen LogP contribution < -0.4 is 5.32 Å². The molecular weight excluding hydrogens is 228 g/mol. The first-order chi connectivity index (χ1) is 8.43. The molecule has 3 rings (SSSR count). The summed E-state index contributed by atoms with van der Waals surface area (Å²) in [7, 11) is 0. The summed E-state index contributed by atoms with van der Waals surface area (Å²) in [6.45, 7) is 5.13. The second-order valence-corrected chi connectivity index (χ2v) is 7.19. The quantitative estimate of drug-likeness (QED) is 0.782. The van der Waals surface area contributed by atoms with E-state index in [9.17, 15) is 0 Å². The molecule has 2 nitrogen and oxygen atoms in total. The van der Waals surface area contributed by atoms with E-state index in [4.69, 9.17) is 0 Å². The summed E-state index contributed by atoms with van der Waals surface area (Å²) < 4.78 is 0. The summed E-state index contributed by atoms with van der Waals surface area (Å²) in [5.74, 6) is 4.80. The summed E-state index contributed by atoms with van der Waals surface area (Å²) in [6, 6.07) is 0.886. The highest BCUT2D eigenvalue weighted by Crippen LogP contribution is 2.44. The fourth-order valence-electron chi connectivity index (χ4n) is 3.04. The van der Waals surface area contributed by atoms with Crippen LogP contribution >= 0.6 is 11.8 Å². The maximum Gasteiger partial charge on any atom is 0.0124 e. The lowest BCUT2D eigenvalue weighted by atomic mass is 10.1. The van der Waals surface area contributed by atoms with Gasteiger partial charge in [-0.3, -0.25) is 0 Å². The van der Waals surface area contributed by atoms with Crippen molar-refractivity contribution in [2.45, 2.75) is 38.1 Å². The predicted octanol–water partition coefficient (Wildman–Crippen LogP) is 2.20. The normalized spacial score (nSPS) is 27.4. The van der Waals surface area contributed by atoms with Gasteiger partial charge >= 0.3 is 0 Å². The lowest BCUT2D eigenvalue weighted by Gasteiger charge is -2.23. The van der Waals surface area contributed by atoms with Crippen molar-refractivity contribution in [1.29, 1.82) is 0 Å². The maximum atomic E-state index is 3.86. The van der Waals surface area contributed by atoms with Gasteiger partial charge in [-0.1, -0.05) is 0 Å². The number of hydrogen-bond donors (Lipinski definition) is 1. The fourth-order valence-corrected chi connectivity index (χ4v) is 3.96. The van der Waals surface area contributed by atoms with Crippen LogP contribution in [0.4, 0.5) is 0 Å². The molecule has 0 bridgehead atoms. The molecule has 3 heteroatoms. The summed E-state index contributed by atoms with van der Waals surface area (Å²) in [5.41, 5.74) is 0. The van der Waals surface area contributed by atoms with Crippen molar-refractivity contribution >= 4 is 11.8 Å². The van der Waals surface area contributed by atoms with Crippen LogP contribution in [0.5, 0.6) is 0 Å². The highest BCUT2D eigenvalue weighted by atomic mass is 32.2. The minimum atomic E-state index is 0.886. The number of rotatable bonds is 6. The van der Waals surface area contributed by atoms with Crippen LogP contribution in [0, 0.1) is 11.8 Å². The largest absolute Gasteiger partial charge is 0.312 e. The molecule has 17 heavy (non-hydrogen) atoms. The van der Waals surface area contributed by atoms with Crippen molar-refractivity contribution in [2.75, 3.05) is 37.7 Å². The SMILES string of the molecule is C1CSCCN(CCNC(C2CC2)C2CC2)C1. The Bertz CT molecular complexity index is 218. The monoisotopic (exact) mass is 254 g/mol. The Labute approximate surface area is 110 Å². The Morgan fingerprint density at radius 3 is 2.53 bits per heavy atom. The van der Waals surface area contributed by atoms with E-state index in [0.29, 0.717) is 0 Å². The van der Waals surface area contributed by atoms with E-state index >= 15 is 0 Å². The summed E-state index contributed by atoms with van der Waals surface area (Å²) in [5, 5.41) is 3.86. The van der Waals surface area contributed by atoms with Crippen LogP contribution in [0.25, 0.3) is 0 Å². The van der Waals surface area contributed by atoms with Crippen molar-refractivity contribution in [3.63, 3.8) is 0 Å². The third-order valence-electron chi connectivity index (χ3n) is 4.38. The highest BCUT2D eigenvalue weighted by molar-refractivity contribution is 7.99. The van der Waals surface area contributed by atoms with Crippen LogP contribution in [0.15, 0.2) is 0 Å². The Morgan fingerprint density at radius 2 is 1.82 bits per heavy atom. The van der Waals surface area contributed by atoms with Crippen molar-refractivity contribution in [3.05, 3.63) is 0 Å². The average molecular weight is 254 g/mol. The lowest BCUT2D eigenvalue weighted by molar-refractivity contribution is 0.281. The molecule has 1 saturated heterocycles. The third-order valence-corrected chi connectivity index (χ3v) is 5.43. The van der Waals surface area contributed by atoms with Crippen LogP contribution in [-0.2, 0) is 0 Å². The maximum absolute atomic E-state index is 3.86. The zero-order chi connectivity index (χ0) is 11.5. The molecule has 0 aromatic rings. The van der Waals surface area contributed by atoms with Crippen molar-refractivity contribution in [1.82, 2.24) is 10.2 Å². The first-order valence-electron chi connectivity index (χ1n) is 7.47. The fraction of sp³-hybridized carbons (Fsp3) is 1.00. The van der Waals surface area contributed by atoms with Gasteiger partial charge in [-0.05, 0) is 56.2 Å². The molecule has 2 saturated carbocycles. The third kappa shape index (κ3) is 3.87. The van der Waals surface area contributed by atoms with E-state index in [2.05, 4.69) is 22.0 Å². The van der Waals surface area contributed by atoms with Gasteiger partial charge in [0.05, 0.1) is 0 Å². The molecule has 0 radical (unpaired) electrons. The molecule has 2 aliphatic carbocycles. The van der Waals surface area contributed by atoms with Gasteiger partial charge in [-0.15, -0.1) is 0 Å². The van der Waals surface area contributed by atoms with Crippen molar-refractivity contribution in [2.24, 2.45) is 11.8 Å². The van der Waals surface area contributed by atoms with Gasteiger partial charge in [0.1, 0.15) is 0 Å². The van der Waals surface area contributed by atoms with Gasteiger partial charge in [-0.25, -0.2) is 0 Å². The van der Waals surface area contributed by atoms with E-state index in [1.807, 2.05) is 0 Å². The summed E-state index contributed by atoms with van der Waals surface area (Å²) >= 11 is 2.13. The smallest absolute Gasteiger partial charge is 0.0124 e. The average Bonchev–Trinajstić information content (AvgIpc) is 3.22. The van der Waals surface area contributed by atoms with Crippen LogP contribution in [0.2, 0.25) is 0 Å². The van der Waals surface area contributed by atoms with E-state index in [-0.39, 0.29) is 0 Å².